The summed E-state index contributed by atoms with van der Waals surface area (Å²) in [7, 11) is 2.14. The first kappa shape index (κ1) is 13.6. The molecular formula is C16H22N2O2. The summed E-state index contributed by atoms with van der Waals surface area (Å²) in [6.45, 7) is 5.45. The molecule has 3 rings (SSSR count). The maximum Gasteiger partial charge on any atom is 0.176 e. The van der Waals surface area contributed by atoms with Gasteiger partial charge in [0, 0.05) is 25.1 Å². The topological polar surface area (TPSA) is 32.8 Å². The first-order chi connectivity index (χ1) is 9.72. The van der Waals surface area contributed by atoms with Gasteiger partial charge in [0.05, 0.1) is 13.2 Å². The lowest BCUT2D eigenvalue weighted by Crippen LogP contribution is -2.33. The number of fused-ring (bicyclic) bond motifs is 1. The van der Waals surface area contributed by atoms with E-state index in [1.807, 2.05) is 18.2 Å². The Kier molecular flexibility index (Phi) is 4.03. The third-order valence-corrected chi connectivity index (χ3v) is 4.19. The van der Waals surface area contributed by atoms with Gasteiger partial charge in [-0.05, 0) is 50.3 Å². The second-order valence-electron chi connectivity index (χ2n) is 5.78. The fraction of sp³-hybridized carbons (Fsp3) is 0.562. The number of hydrogen-bond donors (Lipinski definition) is 0. The molecule has 0 bridgehead atoms. The Balaban J connectivity index is 1.64. The second kappa shape index (κ2) is 5.94. The van der Waals surface area contributed by atoms with Crippen LogP contribution in [0, 0.1) is 0 Å². The number of carbonyl (C=O) groups is 1. The summed E-state index contributed by atoms with van der Waals surface area (Å²) in [5.41, 5.74) is 2.00. The number of benzene rings is 1. The molecule has 4 nitrogen and oxygen atoms in total. The van der Waals surface area contributed by atoms with Crippen LogP contribution in [0.25, 0.3) is 0 Å². The number of rotatable bonds is 3. The molecule has 20 heavy (non-hydrogen) atoms. The van der Waals surface area contributed by atoms with E-state index in [2.05, 4.69) is 16.8 Å². The normalized spacial score (nSPS) is 20.2. The van der Waals surface area contributed by atoms with Gasteiger partial charge in [-0.2, -0.15) is 0 Å². The first-order valence-electron chi connectivity index (χ1n) is 7.42. The highest BCUT2D eigenvalue weighted by Gasteiger charge is 2.18. The van der Waals surface area contributed by atoms with Gasteiger partial charge in [-0.25, -0.2) is 0 Å². The van der Waals surface area contributed by atoms with Gasteiger partial charge in [-0.3, -0.25) is 9.69 Å². The molecule has 1 aromatic rings. The van der Waals surface area contributed by atoms with Crippen molar-refractivity contribution in [2.24, 2.45) is 0 Å². The molecule has 1 aromatic carbocycles. The average molecular weight is 274 g/mol. The molecule has 0 N–H and O–H groups in total. The molecule has 2 aliphatic rings. The lowest BCUT2D eigenvalue weighted by molar-refractivity contribution is 0.0933. The Morgan fingerprint density at radius 3 is 3.05 bits per heavy atom. The van der Waals surface area contributed by atoms with E-state index in [4.69, 9.17) is 4.74 Å². The highest BCUT2D eigenvalue weighted by molar-refractivity contribution is 5.98. The smallest absolute Gasteiger partial charge is 0.176 e. The van der Waals surface area contributed by atoms with Gasteiger partial charge in [0.25, 0.3) is 0 Å². The van der Waals surface area contributed by atoms with Crippen molar-refractivity contribution in [2.45, 2.75) is 12.8 Å². The Morgan fingerprint density at radius 2 is 2.15 bits per heavy atom. The number of carbonyl (C=O) groups excluding carboxylic acids is 1. The fourth-order valence-corrected chi connectivity index (χ4v) is 2.91. The van der Waals surface area contributed by atoms with Crippen LogP contribution in [-0.4, -0.2) is 62.0 Å². The third-order valence-electron chi connectivity index (χ3n) is 4.19. The van der Waals surface area contributed by atoms with Gasteiger partial charge in [-0.15, -0.1) is 0 Å². The van der Waals surface area contributed by atoms with E-state index in [0.717, 1.165) is 56.9 Å². The Labute approximate surface area is 120 Å². The van der Waals surface area contributed by atoms with Crippen LogP contribution >= 0.6 is 0 Å². The van der Waals surface area contributed by atoms with Crippen molar-refractivity contribution >= 4 is 5.78 Å². The van der Waals surface area contributed by atoms with Crippen LogP contribution < -0.4 is 4.74 Å². The lowest BCUT2D eigenvalue weighted by atomic mass is 10.1. The predicted molar refractivity (Wildman–Crippen MR) is 78.5 cm³/mol. The summed E-state index contributed by atoms with van der Waals surface area (Å²) in [5.74, 6) is 1.17. The molecule has 1 saturated heterocycles. The summed E-state index contributed by atoms with van der Waals surface area (Å²) in [4.78, 5) is 17.0. The predicted octanol–water partition coefficient (Wildman–Crippen LogP) is 1.44. The van der Waals surface area contributed by atoms with Crippen LogP contribution in [0.4, 0.5) is 0 Å². The van der Waals surface area contributed by atoms with Crippen molar-refractivity contribution in [3.8, 4) is 5.75 Å². The summed E-state index contributed by atoms with van der Waals surface area (Å²) < 4.78 is 5.48. The van der Waals surface area contributed by atoms with Gasteiger partial charge >= 0.3 is 0 Å². The Bertz CT molecular complexity index is 501. The first-order valence-corrected chi connectivity index (χ1v) is 7.42. The van der Waals surface area contributed by atoms with Crippen LogP contribution in [0.3, 0.4) is 0 Å². The molecule has 0 saturated carbocycles. The van der Waals surface area contributed by atoms with Crippen LogP contribution in [0.15, 0.2) is 18.2 Å². The lowest BCUT2D eigenvalue weighted by Gasteiger charge is -2.19. The van der Waals surface area contributed by atoms with E-state index in [1.54, 1.807) is 0 Å². The van der Waals surface area contributed by atoms with Crippen LogP contribution in [0.1, 0.15) is 22.3 Å². The van der Waals surface area contributed by atoms with E-state index < -0.39 is 0 Å². The number of likely N-dealkylation sites (N-methyl/N-ethyl adjacent to an activating group) is 1. The number of Topliss-reactive ketones (excluding diaryl/α,β-unsaturated/α-hetero) is 1. The van der Waals surface area contributed by atoms with Crippen molar-refractivity contribution in [1.29, 1.82) is 0 Å². The third kappa shape index (κ3) is 3.02. The zero-order valence-corrected chi connectivity index (χ0v) is 12.1. The van der Waals surface area contributed by atoms with Crippen LogP contribution in [0.5, 0.6) is 5.75 Å². The Morgan fingerprint density at radius 1 is 1.25 bits per heavy atom. The summed E-state index contributed by atoms with van der Waals surface area (Å²) in [6, 6.07) is 5.84. The van der Waals surface area contributed by atoms with E-state index >= 15 is 0 Å². The number of nitrogens with zero attached hydrogens (tertiary/aromatic N) is 2. The largest absolute Gasteiger partial charge is 0.493 e. The SMILES string of the molecule is CN1CCCN(CC(=O)c2ccc3c(c2)CCO3)CC1. The molecule has 0 aliphatic carbocycles. The Hall–Kier alpha value is -1.39. The standard InChI is InChI=1S/C16H22N2O2/c1-17-6-2-7-18(9-8-17)12-15(19)13-3-4-16-14(11-13)5-10-20-16/h3-4,11H,2,5-10,12H2,1H3. The van der Waals surface area contributed by atoms with Gasteiger partial charge < -0.3 is 9.64 Å². The molecular weight excluding hydrogens is 252 g/mol. The zero-order valence-electron chi connectivity index (χ0n) is 12.1. The van der Waals surface area contributed by atoms with E-state index in [-0.39, 0.29) is 5.78 Å². The van der Waals surface area contributed by atoms with E-state index in [1.165, 1.54) is 5.56 Å². The van der Waals surface area contributed by atoms with Crippen LogP contribution in [-0.2, 0) is 6.42 Å². The summed E-state index contributed by atoms with van der Waals surface area (Å²) in [5, 5.41) is 0. The number of ether oxygens (including phenoxy) is 1. The van der Waals surface area contributed by atoms with E-state index in [9.17, 15) is 4.79 Å². The van der Waals surface area contributed by atoms with Crippen molar-refractivity contribution in [1.82, 2.24) is 9.80 Å². The number of hydrogen-bond acceptors (Lipinski definition) is 4. The maximum atomic E-state index is 12.4. The van der Waals surface area contributed by atoms with Crippen molar-refractivity contribution in [3.05, 3.63) is 29.3 Å². The van der Waals surface area contributed by atoms with Gasteiger partial charge in [-0.1, -0.05) is 0 Å². The molecule has 2 aliphatic heterocycles. The average Bonchev–Trinajstić information content (AvgIpc) is 2.82. The minimum Gasteiger partial charge on any atom is -0.493 e. The molecule has 1 fully saturated rings. The van der Waals surface area contributed by atoms with Crippen molar-refractivity contribution in [2.75, 3.05) is 46.4 Å². The molecule has 4 heteroatoms. The highest BCUT2D eigenvalue weighted by atomic mass is 16.5. The van der Waals surface area contributed by atoms with Crippen molar-refractivity contribution in [3.63, 3.8) is 0 Å². The monoisotopic (exact) mass is 274 g/mol. The molecule has 2 heterocycles. The van der Waals surface area contributed by atoms with Gasteiger partial charge in [0.15, 0.2) is 5.78 Å². The summed E-state index contributed by atoms with van der Waals surface area (Å²) in [6.07, 6.45) is 2.06. The molecule has 108 valence electrons. The van der Waals surface area contributed by atoms with Crippen molar-refractivity contribution < 1.29 is 9.53 Å². The van der Waals surface area contributed by atoms with Gasteiger partial charge in [0.2, 0.25) is 0 Å². The minimum absolute atomic E-state index is 0.226. The minimum atomic E-state index is 0.226. The maximum absolute atomic E-state index is 12.4. The highest BCUT2D eigenvalue weighted by Crippen LogP contribution is 2.26. The molecule has 0 aromatic heterocycles. The molecule has 0 unspecified atom stereocenters. The van der Waals surface area contributed by atoms with E-state index in [0.29, 0.717) is 6.54 Å². The molecule has 0 amide bonds. The fourth-order valence-electron chi connectivity index (χ4n) is 2.91. The van der Waals surface area contributed by atoms with Gasteiger partial charge in [0.1, 0.15) is 5.75 Å². The second-order valence-corrected chi connectivity index (χ2v) is 5.78. The molecule has 0 radical (unpaired) electrons. The molecule has 0 atom stereocenters. The zero-order chi connectivity index (χ0) is 13.9. The van der Waals surface area contributed by atoms with Crippen LogP contribution in [0.2, 0.25) is 0 Å². The number of ketones is 1. The molecule has 0 spiro atoms. The summed E-state index contributed by atoms with van der Waals surface area (Å²) >= 11 is 0. The quantitative estimate of drug-likeness (QED) is 0.781.